The first-order chi connectivity index (χ1) is 5.79. The molecule has 0 saturated heterocycles. The molecule has 0 aromatic heterocycles. The predicted octanol–water partition coefficient (Wildman–Crippen LogP) is 4.54. The number of hydrogen-bond donors (Lipinski definition) is 0. The fraction of sp³-hybridized carbons (Fsp3) is 0.333. The Bertz CT molecular complexity index is 229. The largest absolute Gasteiger partial charge is 2.00 e. The number of rotatable bonds is 0. The molecule has 3 heteroatoms. The van der Waals surface area contributed by atoms with Crippen molar-refractivity contribution in [3.8, 4) is 0 Å². The van der Waals surface area contributed by atoms with Crippen molar-refractivity contribution >= 4 is 34.0 Å². The molecule has 0 heterocycles. The van der Waals surface area contributed by atoms with Crippen LogP contribution >= 0.6 is 34.0 Å². The Hall–Kier alpha value is 0.803. The minimum atomic E-state index is 0. The molecule has 0 unspecified atom stereocenters. The Labute approximate surface area is 133 Å². The zero-order valence-electron chi connectivity index (χ0n) is 9.04. The molecule has 0 aromatic carbocycles. The summed E-state index contributed by atoms with van der Waals surface area (Å²) in [7, 11) is 0. The topological polar surface area (TPSA) is 0 Å². The van der Waals surface area contributed by atoms with E-state index < -0.39 is 0 Å². The smallest absolute Gasteiger partial charge is 0.270 e. The van der Waals surface area contributed by atoms with Crippen molar-refractivity contribution in [3.63, 3.8) is 0 Å². The van der Waals surface area contributed by atoms with E-state index in [1.165, 1.54) is 11.1 Å². The summed E-state index contributed by atoms with van der Waals surface area (Å²) in [5.41, 5.74) is 2.55. The summed E-state index contributed by atoms with van der Waals surface area (Å²) >= 11 is 0. The summed E-state index contributed by atoms with van der Waals surface area (Å²) in [5, 5.41) is 0. The van der Waals surface area contributed by atoms with Gasteiger partial charge in [-0.15, -0.1) is 46.8 Å². The summed E-state index contributed by atoms with van der Waals surface area (Å²) in [4.78, 5) is 0. The molecule has 82 valence electrons. The van der Waals surface area contributed by atoms with Gasteiger partial charge in [-0.05, 0) is 0 Å². The van der Waals surface area contributed by atoms with E-state index in [0.717, 1.165) is 12.8 Å². The first kappa shape index (κ1) is 21.1. The van der Waals surface area contributed by atoms with Crippen molar-refractivity contribution < 1.29 is 26.2 Å². The Balaban J connectivity index is -0.000000160. The third kappa shape index (κ3) is 11.1. The third-order valence-electron chi connectivity index (χ3n) is 1.73. The zero-order chi connectivity index (χ0) is 8.81. The van der Waals surface area contributed by atoms with E-state index >= 15 is 0 Å². The maximum atomic E-state index is 3.12. The normalized spacial score (nSPS) is 14.8. The molecule has 0 N–H and O–H groups in total. The van der Waals surface area contributed by atoms with Gasteiger partial charge in [0.2, 0.25) is 0 Å². The van der Waals surface area contributed by atoms with Crippen molar-refractivity contribution in [1.82, 2.24) is 0 Å². The molecule has 15 heavy (non-hydrogen) atoms. The predicted molar refractivity (Wildman–Crippen MR) is 73.0 cm³/mol. The molecule has 2 rings (SSSR count). The SMILES string of the molecule is Br.Br.CC1=[C-]CC=C1.CC1=[C-]CC=C1.[Zr+2]. The minimum absolute atomic E-state index is 0. The van der Waals surface area contributed by atoms with E-state index in [-0.39, 0.29) is 60.2 Å². The molecular weight excluding hydrogens is 395 g/mol. The van der Waals surface area contributed by atoms with Crippen LogP contribution in [0.5, 0.6) is 0 Å². The van der Waals surface area contributed by atoms with E-state index in [9.17, 15) is 0 Å². The van der Waals surface area contributed by atoms with Gasteiger partial charge in [-0.3, -0.25) is 12.2 Å². The fourth-order valence-electron chi connectivity index (χ4n) is 1.03. The van der Waals surface area contributed by atoms with E-state index in [0.29, 0.717) is 0 Å². The molecule has 0 spiro atoms. The summed E-state index contributed by atoms with van der Waals surface area (Å²) in [6, 6.07) is 0. The minimum Gasteiger partial charge on any atom is -0.270 e. The number of hydrogen-bond acceptors (Lipinski definition) is 0. The van der Waals surface area contributed by atoms with Crippen molar-refractivity contribution in [2.75, 3.05) is 0 Å². The van der Waals surface area contributed by atoms with Gasteiger partial charge in [0.1, 0.15) is 0 Å². The summed E-state index contributed by atoms with van der Waals surface area (Å²) in [6.07, 6.45) is 16.7. The van der Waals surface area contributed by atoms with Gasteiger partial charge in [-0.1, -0.05) is 13.8 Å². The van der Waals surface area contributed by atoms with Gasteiger partial charge in [0, 0.05) is 0 Å². The first-order valence-corrected chi connectivity index (χ1v) is 4.27. The van der Waals surface area contributed by atoms with Crippen molar-refractivity contribution in [1.29, 1.82) is 0 Å². The van der Waals surface area contributed by atoms with Crippen LogP contribution in [0.2, 0.25) is 0 Å². The first-order valence-electron chi connectivity index (χ1n) is 4.27. The van der Waals surface area contributed by atoms with Gasteiger partial charge in [-0.2, -0.15) is 12.2 Å². The zero-order valence-corrected chi connectivity index (χ0v) is 14.9. The Kier molecular flexibility index (Phi) is 18.1. The van der Waals surface area contributed by atoms with Gasteiger partial charge < -0.3 is 0 Å². The van der Waals surface area contributed by atoms with Crippen molar-refractivity contribution in [2.45, 2.75) is 26.7 Å². The molecule has 0 aromatic rings. The monoisotopic (exact) mass is 408 g/mol. The molecule has 0 nitrogen and oxygen atoms in total. The molecular formula is C12H16Br2Zr. The summed E-state index contributed by atoms with van der Waals surface area (Å²) in [5.74, 6) is 0. The van der Waals surface area contributed by atoms with E-state index in [1.807, 2.05) is 0 Å². The van der Waals surface area contributed by atoms with Crippen LogP contribution in [0.1, 0.15) is 26.7 Å². The van der Waals surface area contributed by atoms with E-state index in [1.54, 1.807) is 0 Å². The molecule has 0 bridgehead atoms. The fourth-order valence-corrected chi connectivity index (χ4v) is 1.03. The second-order valence-electron chi connectivity index (χ2n) is 2.93. The van der Waals surface area contributed by atoms with E-state index in [2.05, 4.69) is 50.3 Å². The van der Waals surface area contributed by atoms with Gasteiger partial charge in [-0.25, -0.2) is 23.3 Å². The van der Waals surface area contributed by atoms with Gasteiger partial charge in [0.25, 0.3) is 0 Å². The molecule has 2 aliphatic rings. The van der Waals surface area contributed by atoms with Crippen LogP contribution in [0.3, 0.4) is 0 Å². The molecule has 0 saturated carbocycles. The Morgan fingerprint density at radius 1 is 0.867 bits per heavy atom. The standard InChI is InChI=1S/2C6H7.2BrH.Zr/c2*1-6-4-2-3-5-6;;;/h2*2,4H,3H2,1H3;2*1H;/q2*-1;;;+2. The average Bonchev–Trinajstić information content (AvgIpc) is 2.63. The maximum absolute atomic E-state index is 3.12. The molecule has 2 aliphatic carbocycles. The van der Waals surface area contributed by atoms with Crippen molar-refractivity contribution in [2.24, 2.45) is 0 Å². The Morgan fingerprint density at radius 2 is 1.20 bits per heavy atom. The second-order valence-corrected chi connectivity index (χ2v) is 2.93. The number of allylic oxidation sites excluding steroid dienone is 8. The van der Waals surface area contributed by atoms with E-state index in [4.69, 9.17) is 0 Å². The van der Waals surface area contributed by atoms with Crippen LogP contribution in [0.4, 0.5) is 0 Å². The summed E-state index contributed by atoms with van der Waals surface area (Å²) < 4.78 is 0. The van der Waals surface area contributed by atoms with Crippen LogP contribution in [0.15, 0.2) is 35.5 Å². The average molecular weight is 411 g/mol. The van der Waals surface area contributed by atoms with Gasteiger partial charge >= 0.3 is 26.2 Å². The van der Waals surface area contributed by atoms with Crippen LogP contribution in [-0.2, 0) is 26.2 Å². The van der Waals surface area contributed by atoms with Crippen LogP contribution in [0.25, 0.3) is 0 Å². The maximum Gasteiger partial charge on any atom is 2.00 e. The van der Waals surface area contributed by atoms with Crippen LogP contribution in [-0.4, -0.2) is 0 Å². The van der Waals surface area contributed by atoms with Crippen molar-refractivity contribution in [3.05, 3.63) is 47.6 Å². The second kappa shape index (κ2) is 12.9. The number of halogens is 2. The van der Waals surface area contributed by atoms with Gasteiger partial charge in [0.15, 0.2) is 0 Å². The molecule has 0 fully saturated rings. The molecule has 0 radical (unpaired) electrons. The molecule has 0 aliphatic heterocycles. The molecule has 0 atom stereocenters. The Morgan fingerprint density at radius 3 is 1.27 bits per heavy atom. The quantitative estimate of drug-likeness (QED) is 0.514. The summed E-state index contributed by atoms with van der Waals surface area (Å²) in [6.45, 7) is 4.12. The van der Waals surface area contributed by atoms with Crippen LogP contribution < -0.4 is 0 Å². The molecule has 0 amide bonds. The third-order valence-corrected chi connectivity index (χ3v) is 1.73. The van der Waals surface area contributed by atoms with Gasteiger partial charge in [0.05, 0.1) is 0 Å². The van der Waals surface area contributed by atoms with Crippen LogP contribution in [0, 0.1) is 12.2 Å².